The zero-order valence-electron chi connectivity index (χ0n) is 12.2. The number of fused-ring (bicyclic) bond motifs is 1. The molecule has 0 aromatic heterocycles. The molecule has 112 valence electrons. The molecule has 0 amide bonds. The summed E-state index contributed by atoms with van der Waals surface area (Å²) < 4.78 is 5.76. The number of aliphatic carboxylic acids is 1. The van der Waals surface area contributed by atoms with Crippen LogP contribution in [0.5, 0.6) is 5.75 Å². The quantitative estimate of drug-likeness (QED) is 0.853. The second kappa shape index (κ2) is 6.59. The summed E-state index contributed by atoms with van der Waals surface area (Å²) in [5.74, 6) is -0.523. The van der Waals surface area contributed by atoms with E-state index in [-0.39, 0.29) is 0 Å². The van der Waals surface area contributed by atoms with Crippen LogP contribution in [0.2, 0.25) is 0 Å². The number of aliphatic hydroxyl groups is 1. The number of hydrogen-bond acceptors (Lipinski definition) is 3. The molecule has 0 aliphatic rings. The molecule has 2 rings (SSSR count). The van der Waals surface area contributed by atoms with Gasteiger partial charge in [-0.1, -0.05) is 49.7 Å². The number of aliphatic hydroxyl groups excluding tert-OH is 1. The summed E-state index contributed by atoms with van der Waals surface area (Å²) in [5.41, 5.74) is 0.607. The predicted octanol–water partition coefficient (Wildman–Crippen LogP) is 3.53. The summed E-state index contributed by atoms with van der Waals surface area (Å²) in [5, 5.41) is 21.0. The molecule has 0 spiro atoms. The minimum Gasteiger partial charge on any atom is -0.479 e. The maximum Gasteiger partial charge on any atom is 0.344 e. The molecule has 2 atom stereocenters. The van der Waals surface area contributed by atoms with Crippen LogP contribution in [-0.4, -0.2) is 22.3 Å². The van der Waals surface area contributed by atoms with Gasteiger partial charge in [-0.3, -0.25) is 0 Å². The molecule has 2 aromatic rings. The Balaban J connectivity index is 2.53. The highest BCUT2D eigenvalue weighted by Crippen LogP contribution is 2.34. The normalized spacial score (nSPS) is 13.9. The Kier molecular flexibility index (Phi) is 4.81. The van der Waals surface area contributed by atoms with E-state index in [4.69, 9.17) is 4.74 Å². The van der Waals surface area contributed by atoms with Crippen molar-refractivity contribution in [3.05, 3.63) is 42.0 Å². The maximum atomic E-state index is 11.3. The number of rotatable bonds is 6. The molecule has 2 N–H and O–H groups in total. The lowest BCUT2D eigenvalue weighted by Gasteiger charge is -2.20. The van der Waals surface area contributed by atoms with Crippen molar-refractivity contribution in [1.29, 1.82) is 0 Å². The van der Waals surface area contributed by atoms with Gasteiger partial charge in [-0.15, -0.1) is 0 Å². The van der Waals surface area contributed by atoms with E-state index in [2.05, 4.69) is 0 Å². The van der Waals surface area contributed by atoms with Crippen molar-refractivity contribution in [1.82, 2.24) is 0 Å². The highest BCUT2D eigenvalue weighted by atomic mass is 16.5. The first-order valence-corrected chi connectivity index (χ1v) is 7.13. The van der Waals surface area contributed by atoms with Crippen molar-refractivity contribution < 1.29 is 19.7 Å². The van der Waals surface area contributed by atoms with Crippen molar-refractivity contribution in [3.63, 3.8) is 0 Å². The van der Waals surface area contributed by atoms with E-state index in [0.29, 0.717) is 24.2 Å². The smallest absolute Gasteiger partial charge is 0.344 e. The van der Waals surface area contributed by atoms with Gasteiger partial charge in [-0.05, 0) is 18.7 Å². The largest absolute Gasteiger partial charge is 0.479 e. The number of hydrogen-bond donors (Lipinski definition) is 2. The lowest BCUT2D eigenvalue weighted by molar-refractivity contribution is -0.145. The van der Waals surface area contributed by atoms with Crippen molar-refractivity contribution in [2.75, 3.05) is 0 Å². The molecule has 0 radical (unpaired) electrons. The standard InChI is InChI=1S/C17H20O4/c1-3-6-15(17(19)20)21-16-13(11(2)18)10-9-12-7-4-5-8-14(12)16/h4-5,7-11,15,18H,3,6H2,1-2H3,(H,19,20)/t11-,15?/m1/s1. The van der Waals surface area contributed by atoms with Crippen molar-refractivity contribution in [2.45, 2.75) is 38.9 Å². The molecule has 1 unspecified atom stereocenters. The highest BCUT2D eigenvalue weighted by Gasteiger charge is 2.22. The van der Waals surface area contributed by atoms with Gasteiger partial charge >= 0.3 is 5.97 Å². The summed E-state index contributed by atoms with van der Waals surface area (Å²) in [7, 11) is 0. The van der Waals surface area contributed by atoms with Crippen molar-refractivity contribution in [2.24, 2.45) is 0 Å². The van der Waals surface area contributed by atoms with Crippen LogP contribution < -0.4 is 4.74 Å². The Bertz CT molecular complexity index is 634. The van der Waals surface area contributed by atoms with Gasteiger partial charge in [0.2, 0.25) is 0 Å². The van der Waals surface area contributed by atoms with E-state index >= 15 is 0 Å². The average molecular weight is 288 g/mol. The van der Waals surface area contributed by atoms with Gasteiger partial charge in [0.05, 0.1) is 6.10 Å². The summed E-state index contributed by atoms with van der Waals surface area (Å²) in [6, 6.07) is 11.3. The Morgan fingerprint density at radius 1 is 1.24 bits per heavy atom. The van der Waals surface area contributed by atoms with Crippen LogP contribution in [0.15, 0.2) is 36.4 Å². The van der Waals surface area contributed by atoms with Crippen LogP contribution >= 0.6 is 0 Å². The SMILES string of the molecule is CCCC(Oc1c([C@@H](C)O)ccc2ccccc12)C(=O)O. The topological polar surface area (TPSA) is 66.8 Å². The van der Waals surface area contributed by atoms with E-state index in [1.807, 2.05) is 37.3 Å². The lowest BCUT2D eigenvalue weighted by Crippen LogP contribution is -2.27. The monoisotopic (exact) mass is 288 g/mol. The molecule has 0 bridgehead atoms. The molecule has 0 saturated heterocycles. The fourth-order valence-corrected chi connectivity index (χ4v) is 2.36. The van der Waals surface area contributed by atoms with E-state index in [1.165, 1.54) is 0 Å². The molecule has 0 fully saturated rings. The van der Waals surface area contributed by atoms with E-state index in [1.54, 1.807) is 13.0 Å². The zero-order chi connectivity index (χ0) is 15.4. The van der Waals surface area contributed by atoms with Crippen LogP contribution in [0, 0.1) is 0 Å². The molecule has 0 aliphatic heterocycles. The van der Waals surface area contributed by atoms with Gasteiger partial charge in [0.15, 0.2) is 6.10 Å². The van der Waals surface area contributed by atoms with Gasteiger partial charge in [-0.2, -0.15) is 0 Å². The molecule has 21 heavy (non-hydrogen) atoms. The third kappa shape index (κ3) is 3.34. The highest BCUT2D eigenvalue weighted by molar-refractivity contribution is 5.90. The first-order valence-electron chi connectivity index (χ1n) is 7.13. The van der Waals surface area contributed by atoms with E-state index < -0.39 is 18.2 Å². The first kappa shape index (κ1) is 15.3. The lowest BCUT2D eigenvalue weighted by atomic mass is 10.0. The second-order valence-electron chi connectivity index (χ2n) is 5.11. The fraction of sp³-hybridized carbons (Fsp3) is 0.353. The average Bonchev–Trinajstić information content (AvgIpc) is 2.46. The summed E-state index contributed by atoms with van der Waals surface area (Å²) >= 11 is 0. The summed E-state index contributed by atoms with van der Waals surface area (Å²) in [4.78, 5) is 11.3. The number of carbonyl (C=O) groups is 1. The fourth-order valence-electron chi connectivity index (χ4n) is 2.36. The second-order valence-corrected chi connectivity index (χ2v) is 5.11. The number of carboxylic acids is 1. The molecule has 0 heterocycles. The zero-order valence-corrected chi connectivity index (χ0v) is 12.2. The van der Waals surface area contributed by atoms with Crippen molar-refractivity contribution in [3.8, 4) is 5.75 Å². The minimum absolute atomic E-state index is 0.428. The molecular formula is C17H20O4. The number of carboxylic acid groups (broad SMARTS) is 1. The van der Waals surface area contributed by atoms with Gasteiger partial charge in [-0.25, -0.2) is 4.79 Å². The van der Waals surface area contributed by atoms with Gasteiger partial charge in [0.25, 0.3) is 0 Å². The van der Waals surface area contributed by atoms with Crippen LogP contribution in [0.4, 0.5) is 0 Å². The van der Waals surface area contributed by atoms with Gasteiger partial charge in [0.1, 0.15) is 5.75 Å². The Labute approximate surface area is 124 Å². The Morgan fingerprint density at radius 3 is 2.57 bits per heavy atom. The molecule has 4 nitrogen and oxygen atoms in total. The number of benzene rings is 2. The third-order valence-electron chi connectivity index (χ3n) is 3.45. The molecule has 2 aromatic carbocycles. The first-order chi connectivity index (χ1) is 10.0. The van der Waals surface area contributed by atoms with Crippen molar-refractivity contribution >= 4 is 16.7 Å². The summed E-state index contributed by atoms with van der Waals surface area (Å²) in [6.07, 6.45) is -0.484. The third-order valence-corrected chi connectivity index (χ3v) is 3.45. The predicted molar refractivity (Wildman–Crippen MR) is 81.5 cm³/mol. The summed E-state index contributed by atoms with van der Waals surface area (Å²) in [6.45, 7) is 3.56. The molecular weight excluding hydrogens is 268 g/mol. The van der Waals surface area contributed by atoms with Gasteiger partial charge < -0.3 is 14.9 Å². The maximum absolute atomic E-state index is 11.3. The number of ether oxygens (including phenoxy) is 1. The van der Waals surface area contributed by atoms with E-state index in [9.17, 15) is 15.0 Å². The molecule has 0 saturated carbocycles. The van der Waals surface area contributed by atoms with Crippen LogP contribution in [0.1, 0.15) is 38.4 Å². The van der Waals surface area contributed by atoms with Crippen LogP contribution in [-0.2, 0) is 4.79 Å². The van der Waals surface area contributed by atoms with Crippen LogP contribution in [0.25, 0.3) is 10.8 Å². The Hall–Kier alpha value is -2.07. The minimum atomic E-state index is -0.985. The van der Waals surface area contributed by atoms with Gasteiger partial charge in [0, 0.05) is 10.9 Å². The van der Waals surface area contributed by atoms with Crippen LogP contribution in [0.3, 0.4) is 0 Å². The Morgan fingerprint density at radius 2 is 1.95 bits per heavy atom. The molecule has 4 heteroatoms. The molecule has 0 aliphatic carbocycles. The van der Waals surface area contributed by atoms with E-state index in [0.717, 1.165) is 10.8 Å².